The van der Waals surface area contributed by atoms with Crippen molar-refractivity contribution in [1.29, 1.82) is 0 Å². The number of hydrogen-bond acceptors (Lipinski definition) is 4. The molecule has 0 bridgehead atoms. The second-order valence-corrected chi connectivity index (χ2v) is 9.17. The molecule has 8 heteroatoms. The zero-order valence-corrected chi connectivity index (χ0v) is 17.0. The van der Waals surface area contributed by atoms with Crippen LogP contribution in [0.3, 0.4) is 0 Å². The van der Waals surface area contributed by atoms with Crippen molar-refractivity contribution in [2.45, 2.75) is 56.0 Å². The van der Waals surface area contributed by atoms with E-state index in [4.69, 9.17) is 0 Å². The highest BCUT2D eigenvalue weighted by Crippen LogP contribution is 2.21. The van der Waals surface area contributed by atoms with Crippen molar-refractivity contribution >= 4 is 21.8 Å². The Labute approximate surface area is 161 Å². The van der Waals surface area contributed by atoms with Crippen LogP contribution in [-0.2, 0) is 14.6 Å². The minimum atomic E-state index is -3.24. The molecule has 1 atom stereocenters. The average Bonchev–Trinajstić information content (AvgIpc) is 3.12. The highest BCUT2D eigenvalue weighted by Gasteiger charge is 2.19. The number of urea groups is 1. The van der Waals surface area contributed by atoms with Gasteiger partial charge in [-0.3, -0.25) is 4.79 Å². The molecule has 27 heavy (non-hydrogen) atoms. The van der Waals surface area contributed by atoms with Gasteiger partial charge in [-0.2, -0.15) is 0 Å². The second kappa shape index (κ2) is 9.21. The van der Waals surface area contributed by atoms with Gasteiger partial charge in [0, 0.05) is 32.3 Å². The highest BCUT2D eigenvalue weighted by atomic mass is 32.2. The van der Waals surface area contributed by atoms with Crippen molar-refractivity contribution in [2.75, 3.05) is 19.8 Å². The Balaban J connectivity index is 1.80. The van der Waals surface area contributed by atoms with E-state index in [2.05, 4.69) is 10.6 Å². The number of hydrogen-bond donors (Lipinski definition) is 2. The molecule has 150 valence electrons. The van der Waals surface area contributed by atoms with E-state index in [9.17, 15) is 18.0 Å². The van der Waals surface area contributed by atoms with Crippen LogP contribution in [0.5, 0.6) is 0 Å². The highest BCUT2D eigenvalue weighted by molar-refractivity contribution is 7.90. The predicted octanol–water partition coefficient (Wildman–Crippen LogP) is 2.24. The molecule has 1 aromatic rings. The number of benzene rings is 1. The maximum atomic E-state index is 12.3. The molecule has 1 saturated carbocycles. The molecule has 2 N–H and O–H groups in total. The first-order chi connectivity index (χ1) is 12.7. The molecule has 3 amide bonds. The SMILES string of the molecule is CC(c1ccc(S(C)(=O)=O)cc1)N(C)C(=O)NCCC(=O)NC1CCCC1. The first-order valence-corrected chi connectivity index (χ1v) is 11.2. The van der Waals surface area contributed by atoms with Gasteiger partial charge in [0.25, 0.3) is 0 Å². The summed E-state index contributed by atoms with van der Waals surface area (Å²) in [5, 5.41) is 5.75. The maximum Gasteiger partial charge on any atom is 0.317 e. The summed E-state index contributed by atoms with van der Waals surface area (Å²) in [6.45, 7) is 2.14. The lowest BCUT2D eigenvalue weighted by molar-refractivity contribution is -0.121. The first kappa shape index (κ1) is 21.2. The fraction of sp³-hybridized carbons (Fsp3) is 0.579. The molecule has 1 fully saturated rings. The van der Waals surface area contributed by atoms with E-state index < -0.39 is 9.84 Å². The summed E-state index contributed by atoms with van der Waals surface area (Å²) < 4.78 is 23.1. The quantitative estimate of drug-likeness (QED) is 0.740. The summed E-state index contributed by atoms with van der Waals surface area (Å²) in [5.41, 5.74) is 0.832. The number of rotatable bonds is 7. The molecular formula is C19H29N3O4S. The zero-order chi connectivity index (χ0) is 20.0. The van der Waals surface area contributed by atoms with Crippen molar-refractivity contribution in [3.63, 3.8) is 0 Å². The average molecular weight is 396 g/mol. The Morgan fingerprint density at radius 2 is 1.78 bits per heavy atom. The summed E-state index contributed by atoms with van der Waals surface area (Å²) >= 11 is 0. The topological polar surface area (TPSA) is 95.6 Å². The number of amides is 3. The Hall–Kier alpha value is -2.09. The van der Waals surface area contributed by atoms with Gasteiger partial charge in [0.15, 0.2) is 9.84 Å². The van der Waals surface area contributed by atoms with E-state index in [0.29, 0.717) is 0 Å². The van der Waals surface area contributed by atoms with Gasteiger partial charge in [-0.15, -0.1) is 0 Å². The lowest BCUT2D eigenvalue weighted by Crippen LogP contribution is -2.41. The molecule has 0 saturated heterocycles. The van der Waals surface area contributed by atoms with E-state index in [0.717, 1.165) is 37.5 Å². The summed E-state index contributed by atoms with van der Waals surface area (Å²) in [7, 11) is -1.57. The van der Waals surface area contributed by atoms with Gasteiger partial charge in [0.05, 0.1) is 10.9 Å². The van der Waals surface area contributed by atoms with Gasteiger partial charge < -0.3 is 15.5 Å². The van der Waals surface area contributed by atoms with Crippen LogP contribution in [0, 0.1) is 0 Å². The van der Waals surface area contributed by atoms with Crippen LogP contribution in [0.15, 0.2) is 29.2 Å². The largest absolute Gasteiger partial charge is 0.353 e. The minimum Gasteiger partial charge on any atom is -0.353 e. The van der Waals surface area contributed by atoms with E-state index in [1.165, 1.54) is 4.90 Å². The summed E-state index contributed by atoms with van der Waals surface area (Å²) in [5.74, 6) is -0.0331. The van der Waals surface area contributed by atoms with Crippen molar-refractivity contribution in [3.05, 3.63) is 29.8 Å². The lowest BCUT2D eigenvalue weighted by atomic mass is 10.1. The van der Waals surface area contributed by atoms with Gasteiger partial charge in [-0.25, -0.2) is 13.2 Å². The molecule has 0 heterocycles. The van der Waals surface area contributed by atoms with Gasteiger partial charge >= 0.3 is 6.03 Å². The van der Waals surface area contributed by atoms with Crippen LogP contribution < -0.4 is 10.6 Å². The number of sulfone groups is 1. The molecule has 0 aromatic heterocycles. The third-order valence-corrected chi connectivity index (χ3v) is 6.17. The number of nitrogens with zero attached hydrogens (tertiary/aromatic N) is 1. The van der Waals surface area contributed by atoms with E-state index in [1.54, 1.807) is 31.3 Å². The van der Waals surface area contributed by atoms with Crippen LogP contribution in [0.4, 0.5) is 4.79 Å². The predicted molar refractivity (Wildman–Crippen MR) is 104 cm³/mol. The molecule has 0 spiro atoms. The molecule has 1 aliphatic carbocycles. The van der Waals surface area contributed by atoms with Crippen molar-refractivity contribution in [3.8, 4) is 0 Å². The third kappa shape index (κ3) is 6.23. The molecule has 2 rings (SSSR count). The first-order valence-electron chi connectivity index (χ1n) is 9.28. The lowest BCUT2D eigenvalue weighted by Gasteiger charge is -2.25. The Kier molecular flexibility index (Phi) is 7.24. The van der Waals surface area contributed by atoms with E-state index in [1.807, 2.05) is 6.92 Å². The molecule has 7 nitrogen and oxygen atoms in total. The van der Waals surface area contributed by atoms with Crippen LogP contribution in [0.25, 0.3) is 0 Å². The fourth-order valence-corrected chi connectivity index (χ4v) is 3.80. The molecule has 0 aliphatic heterocycles. The van der Waals surface area contributed by atoms with Crippen LogP contribution in [0.1, 0.15) is 50.6 Å². The van der Waals surface area contributed by atoms with E-state index in [-0.39, 0.29) is 41.9 Å². The van der Waals surface area contributed by atoms with Gasteiger partial charge in [-0.1, -0.05) is 25.0 Å². The van der Waals surface area contributed by atoms with E-state index >= 15 is 0 Å². The maximum absolute atomic E-state index is 12.3. The smallest absolute Gasteiger partial charge is 0.317 e. The summed E-state index contributed by atoms with van der Waals surface area (Å²) in [6.07, 6.45) is 5.82. The van der Waals surface area contributed by atoms with Gasteiger partial charge in [0.1, 0.15) is 0 Å². The summed E-state index contributed by atoms with van der Waals surface area (Å²) in [6, 6.07) is 6.28. The molecule has 1 aliphatic rings. The van der Waals surface area contributed by atoms with Crippen LogP contribution in [0.2, 0.25) is 0 Å². The van der Waals surface area contributed by atoms with Gasteiger partial charge in [0.2, 0.25) is 5.91 Å². The fourth-order valence-electron chi connectivity index (χ4n) is 3.17. The third-order valence-electron chi connectivity index (χ3n) is 5.04. The zero-order valence-electron chi connectivity index (χ0n) is 16.2. The molecule has 0 radical (unpaired) electrons. The summed E-state index contributed by atoms with van der Waals surface area (Å²) in [4.78, 5) is 26.0. The Bertz CT molecular complexity index is 756. The number of carbonyl (C=O) groups excluding carboxylic acids is 2. The molecule has 1 aromatic carbocycles. The Morgan fingerprint density at radius 3 is 2.33 bits per heavy atom. The number of nitrogens with one attached hydrogen (secondary N) is 2. The van der Waals surface area contributed by atoms with Crippen LogP contribution in [-0.4, -0.2) is 51.1 Å². The number of carbonyl (C=O) groups is 2. The van der Waals surface area contributed by atoms with Crippen molar-refractivity contribution < 1.29 is 18.0 Å². The molecular weight excluding hydrogens is 366 g/mol. The Morgan fingerprint density at radius 1 is 1.19 bits per heavy atom. The monoisotopic (exact) mass is 395 g/mol. The standard InChI is InChI=1S/C19H29N3O4S/c1-14(15-8-10-17(11-9-15)27(3,25)26)22(2)19(24)20-13-12-18(23)21-16-6-4-5-7-16/h8-11,14,16H,4-7,12-13H2,1-3H3,(H,20,24)(H,21,23). The normalized spacial score (nSPS) is 16.0. The minimum absolute atomic E-state index is 0.0331. The molecule has 1 unspecified atom stereocenters. The van der Waals surface area contributed by atoms with Gasteiger partial charge in [-0.05, 0) is 37.5 Å². The van der Waals surface area contributed by atoms with Crippen molar-refractivity contribution in [2.24, 2.45) is 0 Å². The second-order valence-electron chi connectivity index (χ2n) is 7.16. The van der Waals surface area contributed by atoms with Crippen molar-refractivity contribution in [1.82, 2.24) is 15.5 Å². The van der Waals surface area contributed by atoms with Crippen LogP contribution >= 0.6 is 0 Å².